The number of benzene rings is 1. The smallest absolute Gasteiger partial charge is 0.223 e. The molecule has 3 aromatic heterocycles. The molecule has 210 valence electrons. The Morgan fingerprint density at radius 3 is 2.60 bits per heavy atom. The molecule has 2 saturated heterocycles. The molecule has 1 amide bonds. The van der Waals surface area contributed by atoms with Crippen molar-refractivity contribution >= 4 is 22.8 Å². The first-order valence-corrected chi connectivity index (χ1v) is 14.2. The van der Waals surface area contributed by atoms with Crippen molar-refractivity contribution in [2.24, 2.45) is 5.92 Å². The average molecular weight is 544 g/mol. The molecule has 2 aliphatic rings. The Labute approximate surface area is 234 Å². The molecule has 1 atom stereocenters. The lowest BCUT2D eigenvalue weighted by Crippen LogP contribution is -2.50. The highest BCUT2D eigenvalue weighted by Crippen LogP contribution is 2.32. The molecule has 0 radical (unpaired) electrons. The van der Waals surface area contributed by atoms with Gasteiger partial charge in [0, 0.05) is 86.8 Å². The summed E-state index contributed by atoms with van der Waals surface area (Å²) >= 11 is 0. The molecule has 0 bridgehead atoms. The van der Waals surface area contributed by atoms with E-state index in [0.717, 1.165) is 61.0 Å². The van der Waals surface area contributed by atoms with Crippen molar-refractivity contribution in [1.29, 1.82) is 0 Å². The van der Waals surface area contributed by atoms with Crippen LogP contribution in [0.15, 0.2) is 47.0 Å². The number of phenolic OH excluding ortho intramolecular Hbond substituents is 1. The number of para-hydroxylation sites is 1. The minimum absolute atomic E-state index is 0.183. The number of aromatic amines is 1. The van der Waals surface area contributed by atoms with Crippen LogP contribution in [-0.2, 0) is 4.79 Å². The van der Waals surface area contributed by atoms with Gasteiger partial charge >= 0.3 is 0 Å². The van der Waals surface area contributed by atoms with E-state index in [1.807, 2.05) is 23.1 Å². The molecule has 6 rings (SSSR count). The van der Waals surface area contributed by atoms with Gasteiger partial charge < -0.3 is 24.4 Å². The number of likely N-dealkylation sites (tertiary alicyclic amines) is 1. The van der Waals surface area contributed by atoms with Crippen LogP contribution < -0.4 is 4.90 Å². The van der Waals surface area contributed by atoms with Gasteiger partial charge in [0.1, 0.15) is 11.5 Å². The number of phenols is 1. The standard InChI is InChI=1S/C30H37N7O3/c1-19(2)20(3)27-16-28(34-40-27)36-12-10-35(11-13-36)9-8-29(39)37-17-22(18-37)24-14-21-15-25(32-33-30(21)31-24)23-6-4-5-7-26(23)38/h4-7,14-16,19-20,22,38H,8-13,17-18H2,1-3H3,(H,31,33). The van der Waals surface area contributed by atoms with E-state index < -0.39 is 0 Å². The molecule has 1 aromatic carbocycles. The number of rotatable bonds is 8. The van der Waals surface area contributed by atoms with E-state index >= 15 is 0 Å². The first-order chi connectivity index (χ1) is 19.4. The van der Waals surface area contributed by atoms with Crippen molar-refractivity contribution in [1.82, 2.24) is 30.1 Å². The lowest BCUT2D eigenvalue weighted by Gasteiger charge is -2.40. The van der Waals surface area contributed by atoms with Gasteiger partial charge in [0.15, 0.2) is 11.5 Å². The van der Waals surface area contributed by atoms with Crippen molar-refractivity contribution < 1.29 is 14.4 Å². The predicted octanol–water partition coefficient (Wildman–Crippen LogP) is 4.22. The summed E-state index contributed by atoms with van der Waals surface area (Å²) in [7, 11) is 0. The summed E-state index contributed by atoms with van der Waals surface area (Å²) in [6.07, 6.45) is 0.537. The normalized spacial score (nSPS) is 17.5. The molecular formula is C30H37N7O3. The van der Waals surface area contributed by atoms with Gasteiger partial charge in [-0.15, -0.1) is 10.2 Å². The highest BCUT2D eigenvalue weighted by Gasteiger charge is 2.33. The molecule has 0 spiro atoms. The molecule has 2 N–H and O–H groups in total. The third-order valence-electron chi connectivity index (χ3n) is 8.55. The highest BCUT2D eigenvalue weighted by molar-refractivity contribution is 5.82. The fourth-order valence-electron chi connectivity index (χ4n) is 5.46. The average Bonchev–Trinajstić information content (AvgIpc) is 3.58. The Balaban J connectivity index is 0.966. The number of anilines is 1. The molecule has 10 nitrogen and oxygen atoms in total. The first-order valence-electron chi connectivity index (χ1n) is 14.2. The number of aromatic nitrogens is 4. The summed E-state index contributed by atoms with van der Waals surface area (Å²) in [5, 5.41) is 24.0. The van der Waals surface area contributed by atoms with Crippen LogP contribution in [0.1, 0.15) is 50.5 Å². The molecule has 5 heterocycles. The summed E-state index contributed by atoms with van der Waals surface area (Å²) in [5.74, 6) is 3.38. The van der Waals surface area contributed by atoms with Crippen LogP contribution in [0, 0.1) is 5.92 Å². The van der Waals surface area contributed by atoms with Crippen molar-refractivity contribution in [2.75, 3.05) is 50.7 Å². The Morgan fingerprint density at radius 1 is 1.07 bits per heavy atom. The number of H-pyrrole nitrogens is 1. The quantitative estimate of drug-likeness (QED) is 0.340. The summed E-state index contributed by atoms with van der Waals surface area (Å²) in [4.78, 5) is 22.8. The van der Waals surface area contributed by atoms with E-state index in [-0.39, 0.29) is 17.6 Å². The molecule has 2 aliphatic heterocycles. The molecule has 0 aliphatic carbocycles. The van der Waals surface area contributed by atoms with Gasteiger partial charge in [-0.3, -0.25) is 9.69 Å². The third kappa shape index (κ3) is 5.28. The summed E-state index contributed by atoms with van der Waals surface area (Å²) in [5.41, 5.74) is 3.08. The van der Waals surface area contributed by atoms with Gasteiger partial charge in [-0.1, -0.05) is 38.1 Å². The Bertz CT molecular complexity index is 1480. The van der Waals surface area contributed by atoms with Crippen LogP contribution in [0.3, 0.4) is 0 Å². The first kappa shape index (κ1) is 26.3. The van der Waals surface area contributed by atoms with E-state index in [1.54, 1.807) is 12.1 Å². The van der Waals surface area contributed by atoms with Crippen LogP contribution in [-0.4, -0.2) is 87.0 Å². The third-order valence-corrected chi connectivity index (χ3v) is 8.55. The predicted molar refractivity (Wildman–Crippen MR) is 153 cm³/mol. The minimum Gasteiger partial charge on any atom is -0.507 e. The summed E-state index contributed by atoms with van der Waals surface area (Å²) < 4.78 is 5.60. The lowest BCUT2D eigenvalue weighted by molar-refractivity contribution is -0.136. The summed E-state index contributed by atoms with van der Waals surface area (Å²) in [6, 6.07) is 13.2. The highest BCUT2D eigenvalue weighted by atomic mass is 16.5. The van der Waals surface area contributed by atoms with Gasteiger partial charge in [0.2, 0.25) is 5.91 Å². The van der Waals surface area contributed by atoms with Gasteiger partial charge in [0.05, 0.1) is 5.69 Å². The number of amides is 1. The lowest BCUT2D eigenvalue weighted by atomic mass is 9.95. The van der Waals surface area contributed by atoms with E-state index in [9.17, 15) is 9.90 Å². The largest absolute Gasteiger partial charge is 0.507 e. The molecule has 0 saturated carbocycles. The van der Waals surface area contributed by atoms with Gasteiger partial charge in [-0.2, -0.15) is 0 Å². The maximum Gasteiger partial charge on any atom is 0.223 e. The van der Waals surface area contributed by atoms with E-state index in [1.165, 1.54) is 0 Å². The van der Waals surface area contributed by atoms with Crippen LogP contribution in [0.5, 0.6) is 5.75 Å². The fraction of sp³-hybridized carbons (Fsp3) is 0.467. The number of fused-ring (bicyclic) bond motifs is 1. The van der Waals surface area contributed by atoms with Gasteiger partial charge in [-0.25, -0.2) is 0 Å². The molecule has 1 unspecified atom stereocenters. The van der Waals surface area contributed by atoms with Crippen LogP contribution in [0.2, 0.25) is 0 Å². The van der Waals surface area contributed by atoms with Crippen molar-refractivity contribution in [3.8, 4) is 17.0 Å². The van der Waals surface area contributed by atoms with Crippen LogP contribution >= 0.6 is 0 Å². The minimum atomic E-state index is 0.183. The monoisotopic (exact) mass is 543 g/mol. The maximum absolute atomic E-state index is 12.9. The van der Waals surface area contributed by atoms with Crippen molar-refractivity contribution in [2.45, 2.75) is 39.0 Å². The van der Waals surface area contributed by atoms with Gasteiger partial charge in [0.25, 0.3) is 0 Å². The number of hydrogen-bond acceptors (Lipinski definition) is 8. The number of hydrogen-bond donors (Lipinski definition) is 2. The molecule has 10 heteroatoms. The molecule has 4 aromatic rings. The Morgan fingerprint density at radius 2 is 1.85 bits per heavy atom. The molecule has 40 heavy (non-hydrogen) atoms. The number of carbonyl (C=O) groups is 1. The zero-order valence-electron chi connectivity index (χ0n) is 23.4. The summed E-state index contributed by atoms with van der Waals surface area (Å²) in [6.45, 7) is 12.4. The maximum atomic E-state index is 12.9. The van der Waals surface area contributed by atoms with Crippen LogP contribution in [0.4, 0.5) is 5.82 Å². The second-order valence-corrected chi connectivity index (χ2v) is 11.5. The van der Waals surface area contributed by atoms with E-state index in [0.29, 0.717) is 42.6 Å². The van der Waals surface area contributed by atoms with E-state index in [2.05, 4.69) is 63.0 Å². The number of nitrogens with one attached hydrogen (secondary N) is 1. The zero-order valence-corrected chi connectivity index (χ0v) is 23.4. The van der Waals surface area contributed by atoms with Crippen molar-refractivity contribution in [3.05, 3.63) is 53.9 Å². The van der Waals surface area contributed by atoms with Gasteiger partial charge in [-0.05, 0) is 30.2 Å². The zero-order chi connectivity index (χ0) is 27.8. The number of nitrogens with zero attached hydrogens (tertiary/aromatic N) is 6. The van der Waals surface area contributed by atoms with E-state index in [4.69, 9.17) is 4.52 Å². The second kappa shape index (κ2) is 10.9. The second-order valence-electron chi connectivity index (χ2n) is 11.5. The molecule has 2 fully saturated rings. The fourth-order valence-corrected chi connectivity index (χ4v) is 5.46. The topological polar surface area (TPSA) is 115 Å². The SMILES string of the molecule is CC(C)C(C)c1cc(N2CCN(CCC(=O)N3CC(c4cc5cc(-c6ccccc6O)nnc5[nH]4)C3)CC2)no1. The molecular weight excluding hydrogens is 506 g/mol. The number of carbonyl (C=O) groups excluding carboxylic acids is 1. The Hall–Kier alpha value is -3.92. The Kier molecular flexibility index (Phi) is 7.18. The van der Waals surface area contributed by atoms with Crippen molar-refractivity contribution in [3.63, 3.8) is 0 Å². The number of aromatic hydroxyl groups is 1. The van der Waals surface area contributed by atoms with Crippen LogP contribution in [0.25, 0.3) is 22.3 Å². The number of piperazine rings is 1.